The van der Waals surface area contributed by atoms with E-state index in [9.17, 15) is 4.79 Å². The van der Waals surface area contributed by atoms with E-state index < -0.39 is 0 Å². The topological polar surface area (TPSA) is 23.6 Å². The molecule has 2 aliphatic rings. The van der Waals surface area contributed by atoms with E-state index in [2.05, 4.69) is 11.8 Å². The van der Waals surface area contributed by atoms with Crippen LogP contribution in [-0.2, 0) is 0 Å². The third-order valence-corrected chi connectivity index (χ3v) is 3.83. The number of hydrogen-bond acceptors (Lipinski definition) is 3. The standard InChI is InChI=1S/C9H16N2OS/c1-2-8-3-4-10(8)7-11-5-6-13-9(11)12/h8H,2-7H2,1H3. The number of nitrogens with zero attached hydrogens (tertiary/aromatic N) is 2. The lowest BCUT2D eigenvalue weighted by atomic mass is 10.0. The molecule has 1 unspecified atom stereocenters. The van der Waals surface area contributed by atoms with E-state index in [0.717, 1.165) is 25.0 Å². The van der Waals surface area contributed by atoms with Crippen LogP contribution in [0, 0.1) is 0 Å². The molecule has 4 heteroatoms. The molecule has 0 N–H and O–H groups in total. The highest BCUT2D eigenvalue weighted by Gasteiger charge is 2.30. The zero-order chi connectivity index (χ0) is 9.26. The van der Waals surface area contributed by atoms with Gasteiger partial charge in [-0.1, -0.05) is 18.7 Å². The van der Waals surface area contributed by atoms with Crippen molar-refractivity contribution >= 4 is 17.0 Å². The summed E-state index contributed by atoms with van der Waals surface area (Å²) < 4.78 is 0. The molecule has 0 aromatic carbocycles. The van der Waals surface area contributed by atoms with Crippen LogP contribution in [0.1, 0.15) is 19.8 Å². The number of rotatable bonds is 3. The van der Waals surface area contributed by atoms with Crippen LogP contribution in [0.5, 0.6) is 0 Å². The lowest BCUT2D eigenvalue weighted by molar-refractivity contribution is 0.0438. The molecule has 2 aliphatic heterocycles. The second-order valence-electron chi connectivity index (χ2n) is 3.68. The van der Waals surface area contributed by atoms with Gasteiger partial charge in [-0.2, -0.15) is 0 Å². The molecular formula is C9H16N2OS. The third kappa shape index (κ3) is 1.83. The fraction of sp³-hybridized carbons (Fsp3) is 0.889. The van der Waals surface area contributed by atoms with Gasteiger partial charge in [0.2, 0.25) is 0 Å². The highest BCUT2D eigenvalue weighted by molar-refractivity contribution is 8.13. The van der Waals surface area contributed by atoms with Crippen molar-refractivity contribution in [1.82, 2.24) is 9.80 Å². The van der Waals surface area contributed by atoms with Crippen molar-refractivity contribution in [3.05, 3.63) is 0 Å². The zero-order valence-electron chi connectivity index (χ0n) is 8.03. The van der Waals surface area contributed by atoms with E-state index in [1.807, 2.05) is 4.90 Å². The largest absolute Gasteiger partial charge is 0.320 e. The summed E-state index contributed by atoms with van der Waals surface area (Å²) in [5.41, 5.74) is 0. The molecule has 13 heavy (non-hydrogen) atoms. The molecular weight excluding hydrogens is 184 g/mol. The summed E-state index contributed by atoms with van der Waals surface area (Å²) in [6.07, 6.45) is 2.53. The fourth-order valence-corrected chi connectivity index (χ4v) is 2.73. The Morgan fingerprint density at radius 3 is 2.85 bits per heavy atom. The predicted octanol–water partition coefficient (Wildman–Crippen LogP) is 1.60. The molecule has 3 nitrogen and oxygen atoms in total. The molecule has 2 saturated heterocycles. The summed E-state index contributed by atoms with van der Waals surface area (Å²) in [5.74, 6) is 0.976. The van der Waals surface area contributed by atoms with Crippen LogP contribution < -0.4 is 0 Å². The monoisotopic (exact) mass is 200 g/mol. The van der Waals surface area contributed by atoms with Crippen LogP contribution in [0.25, 0.3) is 0 Å². The third-order valence-electron chi connectivity index (χ3n) is 2.93. The van der Waals surface area contributed by atoms with Gasteiger partial charge in [0.1, 0.15) is 0 Å². The second-order valence-corrected chi connectivity index (χ2v) is 4.73. The SMILES string of the molecule is CCC1CCN1CN1CCSC1=O. The van der Waals surface area contributed by atoms with Crippen LogP contribution in [0.2, 0.25) is 0 Å². The molecule has 2 fully saturated rings. The predicted molar refractivity (Wildman–Crippen MR) is 54.8 cm³/mol. The molecule has 0 aromatic rings. The van der Waals surface area contributed by atoms with Gasteiger partial charge < -0.3 is 4.90 Å². The van der Waals surface area contributed by atoms with E-state index >= 15 is 0 Å². The average molecular weight is 200 g/mol. The maximum atomic E-state index is 11.3. The first-order valence-corrected chi connectivity index (χ1v) is 5.95. The van der Waals surface area contributed by atoms with Crippen molar-refractivity contribution in [3.63, 3.8) is 0 Å². The van der Waals surface area contributed by atoms with Gasteiger partial charge in [-0.25, -0.2) is 0 Å². The van der Waals surface area contributed by atoms with E-state index in [1.54, 1.807) is 0 Å². The van der Waals surface area contributed by atoms with Crippen molar-refractivity contribution in [3.8, 4) is 0 Å². The van der Waals surface area contributed by atoms with E-state index in [0.29, 0.717) is 0 Å². The molecule has 2 rings (SSSR count). The normalized spacial score (nSPS) is 29.5. The molecule has 0 bridgehead atoms. The first-order valence-electron chi connectivity index (χ1n) is 4.97. The number of thioether (sulfide) groups is 1. The minimum Gasteiger partial charge on any atom is -0.320 e. The van der Waals surface area contributed by atoms with Crippen LogP contribution in [0.3, 0.4) is 0 Å². The number of carbonyl (C=O) groups is 1. The molecule has 0 aromatic heterocycles. The van der Waals surface area contributed by atoms with Gasteiger partial charge in [0, 0.05) is 24.9 Å². The Labute approximate surface area is 83.5 Å². The molecule has 2 heterocycles. The fourth-order valence-electron chi connectivity index (χ4n) is 1.92. The quantitative estimate of drug-likeness (QED) is 0.691. The summed E-state index contributed by atoms with van der Waals surface area (Å²) in [7, 11) is 0. The van der Waals surface area contributed by atoms with Crippen LogP contribution in [0.15, 0.2) is 0 Å². The minimum atomic E-state index is 0.266. The first kappa shape index (κ1) is 9.34. The van der Waals surface area contributed by atoms with Crippen molar-refractivity contribution in [2.24, 2.45) is 0 Å². The van der Waals surface area contributed by atoms with E-state index in [1.165, 1.54) is 31.1 Å². The van der Waals surface area contributed by atoms with Crippen molar-refractivity contribution in [2.75, 3.05) is 25.5 Å². The Bertz CT molecular complexity index is 208. The zero-order valence-corrected chi connectivity index (χ0v) is 8.85. The summed E-state index contributed by atoms with van der Waals surface area (Å²) in [6, 6.07) is 0.735. The van der Waals surface area contributed by atoms with Gasteiger partial charge in [-0.3, -0.25) is 9.69 Å². The minimum absolute atomic E-state index is 0.266. The van der Waals surface area contributed by atoms with E-state index in [4.69, 9.17) is 0 Å². The second kappa shape index (κ2) is 3.88. The molecule has 0 saturated carbocycles. The maximum absolute atomic E-state index is 11.3. The van der Waals surface area contributed by atoms with Gasteiger partial charge in [-0.05, 0) is 12.8 Å². The maximum Gasteiger partial charge on any atom is 0.282 e. The van der Waals surface area contributed by atoms with Crippen LogP contribution in [-0.4, -0.2) is 46.6 Å². The molecule has 1 atom stereocenters. The van der Waals surface area contributed by atoms with Crippen molar-refractivity contribution in [1.29, 1.82) is 0 Å². The Morgan fingerprint density at radius 1 is 1.54 bits per heavy atom. The summed E-state index contributed by atoms with van der Waals surface area (Å²) in [5, 5.41) is 0.266. The lowest BCUT2D eigenvalue weighted by Gasteiger charge is -2.42. The number of hydrogen-bond donors (Lipinski definition) is 0. The summed E-state index contributed by atoms with van der Waals surface area (Å²) in [4.78, 5) is 15.7. The Morgan fingerprint density at radius 2 is 2.38 bits per heavy atom. The van der Waals surface area contributed by atoms with Gasteiger partial charge in [0.15, 0.2) is 0 Å². The van der Waals surface area contributed by atoms with Crippen molar-refractivity contribution in [2.45, 2.75) is 25.8 Å². The molecule has 0 radical (unpaired) electrons. The highest BCUT2D eigenvalue weighted by Crippen LogP contribution is 2.23. The lowest BCUT2D eigenvalue weighted by Crippen LogP contribution is -2.52. The van der Waals surface area contributed by atoms with E-state index in [-0.39, 0.29) is 5.24 Å². The Kier molecular flexibility index (Phi) is 2.79. The summed E-state index contributed by atoms with van der Waals surface area (Å²) in [6.45, 7) is 5.20. The molecule has 1 amide bonds. The molecule has 0 aliphatic carbocycles. The smallest absolute Gasteiger partial charge is 0.282 e. The van der Waals surface area contributed by atoms with Crippen molar-refractivity contribution < 1.29 is 4.79 Å². The van der Waals surface area contributed by atoms with Crippen LogP contribution in [0.4, 0.5) is 4.79 Å². The van der Waals surface area contributed by atoms with Gasteiger partial charge >= 0.3 is 0 Å². The van der Waals surface area contributed by atoms with Gasteiger partial charge in [0.05, 0.1) is 6.67 Å². The highest BCUT2D eigenvalue weighted by atomic mass is 32.2. The van der Waals surface area contributed by atoms with Gasteiger partial charge in [0.25, 0.3) is 5.24 Å². The summed E-state index contributed by atoms with van der Waals surface area (Å²) >= 11 is 1.45. The Balaban J connectivity index is 1.80. The number of carbonyl (C=O) groups excluding carboxylic acids is 1. The molecule has 0 spiro atoms. The van der Waals surface area contributed by atoms with Crippen LogP contribution >= 0.6 is 11.8 Å². The first-order chi connectivity index (χ1) is 6.31. The Hall–Kier alpha value is -0.220. The molecule has 74 valence electrons. The van der Waals surface area contributed by atoms with Gasteiger partial charge in [-0.15, -0.1) is 0 Å². The number of amides is 1. The average Bonchev–Trinajstić information content (AvgIpc) is 2.46. The number of likely N-dealkylation sites (tertiary alicyclic amines) is 1.